The van der Waals surface area contributed by atoms with Gasteiger partial charge in [0, 0.05) is 16.2 Å². The minimum atomic E-state index is -3.61. The van der Waals surface area contributed by atoms with Crippen molar-refractivity contribution in [1.29, 1.82) is 0 Å². The summed E-state index contributed by atoms with van der Waals surface area (Å²) in [5, 5.41) is 8.79. The Kier molecular flexibility index (Phi) is 4.31. The second-order valence-corrected chi connectivity index (χ2v) is 5.96. The predicted molar refractivity (Wildman–Crippen MR) is 65.4 cm³/mol. The molecule has 0 aromatic heterocycles. The molecule has 0 unspecified atom stereocenters. The van der Waals surface area contributed by atoms with E-state index in [1.165, 1.54) is 18.2 Å². The zero-order valence-electron chi connectivity index (χ0n) is 8.64. The van der Waals surface area contributed by atoms with Gasteiger partial charge in [-0.25, -0.2) is 13.1 Å². The molecule has 1 aromatic carbocycles. The van der Waals surface area contributed by atoms with Crippen molar-refractivity contribution in [2.75, 3.05) is 12.3 Å². The lowest BCUT2D eigenvalue weighted by atomic mass is 10.3. The van der Waals surface area contributed by atoms with Gasteiger partial charge >= 0.3 is 0 Å². The third-order valence-electron chi connectivity index (χ3n) is 1.91. The highest BCUT2D eigenvalue weighted by molar-refractivity contribution is 9.10. The van der Waals surface area contributed by atoms with Crippen LogP contribution in [0.15, 0.2) is 27.6 Å². The number of nitrogen functional groups attached to an aromatic ring is 1. The topological polar surface area (TPSA) is 92.4 Å². The highest BCUT2D eigenvalue weighted by atomic mass is 79.9. The number of anilines is 1. The quantitative estimate of drug-likeness (QED) is 0.714. The fourth-order valence-corrected chi connectivity index (χ4v) is 2.84. The van der Waals surface area contributed by atoms with Crippen molar-refractivity contribution in [3.63, 3.8) is 0 Å². The van der Waals surface area contributed by atoms with Crippen LogP contribution in [0, 0.1) is 0 Å². The molecule has 0 saturated carbocycles. The molecule has 0 fully saturated rings. The van der Waals surface area contributed by atoms with Crippen LogP contribution in [0.4, 0.5) is 5.69 Å². The van der Waals surface area contributed by atoms with Crippen molar-refractivity contribution in [3.8, 4) is 0 Å². The summed E-state index contributed by atoms with van der Waals surface area (Å²) in [6.45, 7) is 1.32. The minimum absolute atomic E-state index is 0.105. The molecule has 0 heterocycles. The van der Waals surface area contributed by atoms with E-state index < -0.39 is 16.1 Å². The lowest BCUT2D eigenvalue weighted by Crippen LogP contribution is -2.34. The highest BCUT2D eigenvalue weighted by Gasteiger charge is 2.17. The molecule has 0 amide bonds. The fourth-order valence-electron chi connectivity index (χ4n) is 1.05. The van der Waals surface area contributed by atoms with Gasteiger partial charge in [-0.05, 0) is 41.1 Å². The molecule has 0 aliphatic carbocycles. The van der Waals surface area contributed by atoms with Gasteiger partial charge in [0.2, 0.25) is 10.0 Å². The number of hydrogen-bond donors (Lipinski definition) is 3. The lowest BCUT2D eigenvalue weighted by molar-refractivity contribution is 0.265. The number of aliphatic hydroxyl groups is 1. The third kappa shape index (κ3) is 3.18. The van der Waals surface area contributed by atoms with Gasteiger partial charge in [-0.3, -0.25) is 0 Å². The van der Waals surface area contributed by atoms with Crippen molar-refractivity contribution in [2.24, 2.45) is 0 Å². The molecule has 0 saturated heterocycles. The van der Waals surface area contributed by atoms with Crippen molar-refractivity contribution in [2.45, 2.75) is 17.9 Å². The second kappa shape index (κ2) is 5.13. The van der Waals surface area contributed by atoms with E-state index in [0.29, 0.717) is 10.2 Å². The van der Waals surface area contributed by atoms with Crippen LogP contribution >= 0.6 is 15.9 Å². The smallest absolute Gasteiger partial charge is 0.240 e. The lowest BCUT2D eigenvalue weighted by Gasteiger charge is -2.12. The van der Waals surface area contributed by atoms with Crippen LogP contribution in [-0.4, -0.2) is 26.2 Å². The highest BCUT2D eigenvalue weighted by Crippen LogP contribution is 2.22. The molecule has 0 aliphatic heterocycles. The summed E-state index contributed by atoms with van der Waals surface area (Å²) in [4.78, 5) is 0.105. The summed E-state index contributed by atoms with van der Waals surface area (Å²) in [5.74, 6) is 0. The third-order valence-corrected chi connectivity index (χ3v) is 4.19. The molecular weight excluding hydrogens is 296 g/mol. The second-order valence-electron chi connectivity index (χ2n) is 3.39. The zero-order valence-corrected chi connectivity index (χ0v) is 11.0. The van der Waals surface area contributed by atoms with E-state index in [9.17, 15) is 8.42 Å². The first-order valence-corrected chi connectivity index (χ1v) is 6.82. The molecule has 90 valence electrons. The van der Waals surface area contributed by atoms with Gasteiger partial charge in [-0.15, -0.1) is 0 Å². The number of rotatable bonds is 4. The van der Waals surface area contributed by atoms with Crippen molar-refractivity contribution >= 4 is 31.6 Å². The molecule has 1 atom stereocenters. The molecule has 5 nitrogen and oxygen atoms in total. The maximum Gasteiger partial charge on any atom is 0.240 e. The van der Waals surface area contributed by atoms with Gasteiger partial charge < -0.3 is 10.8 Å². The number of hydrogen-bond acceptors (Lipinski definition) is 4. The minimum Gasteiger partial charge on any atom is -0.398 e. The van der Waals surface area contributed by atoms with E-state index >= 15 is 0 Å². The van der Waals surface area contributed by atoms with Gasteiger partial charge in [-0.2, -0.15) is 0 Å². The van der Waals surface area contributed by atoms with E-state index in [-0.39, 0.29) is 11.5 Å². The molecule has 7 heteroatoms. The number of halogens is 1. The molecule has 0 aliphatic rings. The van der Waals surface area contributed by atoms with Crippen LogP contribution in [0.3, 0.4) is 0 Å². The Labute approximate surface area is 103 Å². The number of nitrogens with one attached hydrogen (secondary N) is 1. The van der Waals surface area contributed by atoms with Gasteiger partial charge in [0.15, 0.2) is 0 Å². The molecule has 16 heavy (non-hydrogen) atoms. The molecule has 4 N–H and O–H groups in total. The van der Waals surface area contributed by atoms with E-state index in [0.717, 1.165) is 0 Å². The SMILES string of the molecule is C[C@H](CO)NS(=O)(=O)c1ccc(N)c(Br)c1. The normalized spacial score (nSPS) is 13.7. The molecule has 1 aromatic rings. The van der Waals surface area contributed by atoms with Crippen LogP contribution in [0.2, 0.25) is 0 Å². The first kappa shape index (κ1) is 13.4. The number of nitrogens with two attached hydrogens (primary N) is 1. The Balaban J connectivity index is 3.03. The van der Waals surface area contributed by atoms with Gasteiger partial charge in [0.1, 0.15) is 0 Å². The van der Waals surface area contributed by atoms with Crippen molar-refractivity contribution < 1.29 is 13.5 Å². The Morgan fingerprint density at radius 3 is 2.69 bits per heavy atom. The van der Waals surface area contributed by atoms with Crippen LogP contribution in [0.25, 0.3) is 0 Å². The maximum atomic E-state index is 11.8. The molecule has 0 radical (unpaired) electrons. The van der Waals surface area contributed by atoms with E-state index in [1.54, 1.807) is 6.92 Å². The Bertz CT molecular complexity index is 476. The first-order chi connectivity index (χ1) is 7.36. The van der Waals surface area contributed by atoms with E-state index in [2.05, 4.69) is 20.7 Å². The zero-order chi connectivity index (χ0) is 12.3. The molecule has 0 bridgehead atoms. The fraction of sp³-hybridized carbons (Fsp3) is 0.333. The summed E-state index contributed by atoms with van der Waals surface area (Å²) in [7, 11) is -3.61. The Morgan fingerprint density at radius 2 is 2.19 bits per heavy atom. The van der Waals surface area contributed by atoms with E-state index in [1.807, 2.05) is 0 Å². The largest absolute Gasteiger partial charge is 0.398 e. The van der Waals surface area contributed by atoms with Gasteiger partial charge in [0.05, 0.1) is 11.5 Å². The summed E-state index contributed by atoms with van der Waals surface area (Å²) < 4.78 is 26.4. The van der Waals surface area contributed by atoms with Crippen LogP contribution in [0.5, 0.6) is 0 Å². The van der Waals surface area contributed by atoms with Crippen LogP contribution in [-0.2, 0) is 10.0 Å². The molecule has 1 rings (SSSR count). The number of benzene rings is 1. The summed E-state index contributed by atoms with van der Waals surface area (Å²) in [5.41, 5.74) is 6.02. The predicted octanol–water partition coefficient (Wildman–Crippen LogP) is 0.690. The number of aliphatic hydroxyl groups excluding tert-OH is 1. The number of sulfonamides is 1. The Hall–Kier alpha value is -0.630. The summed E-state index contributed by atoms with van der Waals surface area (Å²) in [6.07, 6.45) is 0. The summed E-state index contributed by atoms with van der Waals surface area (Å²) in [6, 6.07) is 3.80. The van der Waals surface area contributed by atoms with Gasteiger partial charge in [-0.1, -0.05) is 0 Å². The summed E-state index contributed by atoms with van der Waals surface area (Å²) >= 11 is 3.16. The maximum absolute atomic E-state index is 11.8. The van der Waals surface area contributed by atoms with Crippen molar-refractivity contribution in [1.82, 2.24) is 4.72 Å². The van der Waals surface area contributed by atoms with Crippen LogP contribution < -0.4 is 10.5 Å². The van der Waals surface area contributed by atoms with Crippen molar-refractivity contribution in [3.05, 3.63) is 22.7 Å². The molecular formula is C9H13BrN2O3S. The van der Waals surface area contributed by atoms with E-state index in [4.69, 9.17) is 10.8 Å². The van der Waals surface area contributed by atoms with Gasteiger partial charge in [0.25, 0.3) is 0 Å². The molecule has 0 spiro atoms. The average Bonchev–Trinajstić information content (AvgIpc) is 2.21. The first-order valence-electron chi connectivity index (χ1n) is 4.55. The monoisotopic (exact) mass is 308 g/mol. The van der Waals surface area contributed by atoms with Crippen LogP contribution in [0.1, 0.15) is 6.92 Å². The standard InChI is InChI=1S/C9H13BrN2O3S/c1-6(5-13)12-16(14,15)7-2-3-9(11)8(10)4-7/h2-4,6,12-13H,5,11H2,1H3/t6-/m1/s1. The Morgan fingerprint density at radius 1 is 1.56 bits per heavy atom. The average molecular weight is 309 g/mol.